The van der Waals surface area contributed by atoms with Crippen LogP contribution in [-0.4, -0.2) is 30.0 Å². The molecule has 1 aliphatic rings. The minimum Gasteiger partial charge on any atom is -0.469 e. The first kappa shape index (κ1) is 20.1. The van der Waals surface area contributed by atoms with Crippen LogP contribution in [0.3, 0.4) is 0 Å². The van der Waals surface area contributed by atoms with Gasteiger partial charge in [-0.15, -0.1) is 0 Å². The number of fused-ring (bicyclic) bond motifs is 1. The first-order valence-electron chi connectivity index (χ1n) is 9.97. The van der Waals surface area contributed by atoms with Crippen LogP contribution in [0.15, 0.2) is 36.4 Å². The Morgan fingerprint density at radius 1 is 1.11 bits per heavy atom. The number of methoxy groups -OCH3 is 1. The van der Waals surface area contributed by atoms with Crippen LogP contribution < -0.4 is 10.3 Å². The number of carbonyl (C=O) groups is 2. The highest BCUT2D eigenvalue weighted by Gasteiger charge is 2.32. The minimum atomic E-state index is -0.286. The van der Waals surface area contributed by atoms with E-state index in [1.807, 2.05) is 10.6 Å². The third-order valence-electron chi connectivity index (χ3n) is 5.17. The fraction of sp³-hybridized carbons (Fsp3) is 0.455. The highest BCUT2D eigenvalue weighted by Crippen LogP contribution is 2.32. The van der Waals surface area contributed by atoms with Crippen LogP contribution in [0.25, 0.3) is 0 Å². The summed E-state index contributed by atoms with van der Waals surface area (Å²) in [7, 11) is 1.39. The van der Waals surface area contributed by atoms with Crippen molar-refractivity contribution in [2.75, 3.05) is 13.7 Å². The standard InChI is InChI=1S/C22H28N2O4/c1-3-4-5-6-14-23-28-17-9-7-16(8-10-17)21(25)20-12-11-19-18(22(26)27-2)13-15-24(19)20/h7-12,18,23H,3-6,13-15H2,1-2H3. The molecule has 6 heteroatoms. The topological polar surface area (TPSA) is 69.6 Å². The van der Waals surface area contributed by atoms with Gasteiger partial charge in [0, 0.05) is 24.3 Å². The van der Waals surface area contributed by atoms with Crippen molar-refractivity contribution in [1.29, 1.82) is 0 Å². The maximum Gasteiger partial charge on any atom is 0.314 e. The second-order valence-electron chi connectivity index (χ2n) is 7.07. The van der Waals surface area contributed by atoms with Gasteiger partial charge in [-0.05, 0) is 49.2 Å². The van der Waals surface area contributed by atoms with Crippen LogP contribution in [0.4, 0.5) is 0 Å². The fourth-order valence-electron chi connectivity index (χ4n) is 3.60. The Hall–Kier alpha value is -2.60. The Balaban J connectivity index is 1.59. The summed E-state index contributed by atoms with van der Waals surface area (Å²) < 4.78 is 6.78. The molecule has 1 aromatic carbocycles. The Bertz CT molecular complexity index is 810. The number of carbonyl (C=O) groups excluding carboxylic acids is 2. The van der Waals surface area contributed by atoms with Crippen molar-refractivity contribution in [1.82, 2.24) is 10.0 Å². The normalized spacial score (nSPS) is 15.3. The largest absolute Gasteiger partial charge is 0.469 e. The number of hydroxylamine groups is 1. The molecule has 0 bridgehead atoms. The summed E-state index contributed by atoms with van der Waals surface area (Å²) in [6.07, 6.45) is 5.39. The molecule has 0 fully saturated rings. The van der Waals surface area contributed by atoms with Crippen molar-refractivity contribution in [2.24, 2.45) is 0 Å². The lowest BCUT2D eigenvalue weighted by molar-refractivity contribution is -0.142. The molecule has 150 valence electrons. The highest BCUT2D eigenvalue weighted by molar-refractivity contribution is 6.08. The Labute approximate surface area is 165 Å². The smallest absolute Gasteiger partial charge is 0.314 e. The second-order valence-corrected chi connectivity index (χ2v) is 7.07. The van der Waals surface area contributed by atoms with Gasteiger partial charge < -0.3 is 14.1 Å². The van der Waals surface area contributed by atoms with Gasteiger partial charge in [-0.3, -0.25) is 9.59 Å². The lowest BCUT2D eigenvalue weighted by atomic mass is 10.1. The van der Waals surface area contributed by atoms with Gasteiger partial charge in [-0.1, -0.05) is 26.2 Å². The zero-order valence-corrected chi connectivity index (χ0v) is 16.6. The summed E-state index contributed by atoms with van der Waals surface area (Å²) in [6.45, 7) is 3.64. The molecule has 0 saturated carbocycles. The third-order valence-corrected chi connectivity index (χ3v) is 5.17. The molecular formula is C22H28N2O4. The zero-order valence-electron chi connectivity index (χ0n) is 16.6. The van der Waals surface area contributed by atoms with Gasteiger partial charge in [0.15, 0.2) is 0 Å². The number of hydrogen-bond acceptors (Lipinski definition) is 5. The fourth-order valence-corrected chi connectivity index (χ4v) is 3.60. The Kier molecular flexibility index (Phi) is 6.87. The molecule has 1 aliphatic heterocycles. The van der Waals surface area contributed by atoms with E-state index in [1.54, 1.807) is 30.3 Å². The van der Waals surface area contributed by atoms with Gasteiger partial charge in [0.2, 0.25) is 5.78 Å². The van der Waals surface area contributed by atoms with E-state index in [0.29, 0.717) is 30.0 Å². The van der Waals surface area contributed by atoms with Crippen LogP contribution in [0.5, 0.6) is 5.75 Å². The van der Waals surface area contributed by atoms with Gasteiger partial charge in [-0.25, -0.2) is 0 Å². The summed E-state index contributed by atoms with van der Waals surface area (Å²) in [5.41, 5.74) is 5.00. The van der Waals surface area contributed by atoms with Gasteiger partial charge in [0.05, 0.1) is 18.7 Å². The molecule has 2 heterocycles. The molecule has 1 unspecified atom stereocenters. The number of nitrogens with one attached hydrogen (secondary N) is 1. The quantitative estimate of drug-likeness (QED) is 0.292. The van der Waals surface area contributed by atoms with Crippen LogP contribution in [0.2, 0.25) is 0 Å². The van der Waals surface area contributed by atoms with Gasteiger partial charge >= 0.3 is 5.97 Å². The van der Waals surface area contributed by atoms with E-state index >= 15 is 0 Å². The van der Waals surface area contributed by atoms with Crippen LogP contribution in [-0.2, 0) is 16.1 Å². The number of nitrogens with zero attached hydrogens (tertiary/aromatic N) is 1. The van der Waals surface area contributed by atoms with E-state index in [2.05, 4.69) is 12.4 Å². The van der Waals surface area contributed by atoms with Gasteiger partial charge in [0.25, 0.3) is 0 Å². The number of benzene rings is 1. The maximum atomic E-state index is 12.9. The van der Waals surface area contributed by atoms with Crippen molar-refractivity contribution in [3.63, 3.8) is 0 Å². The molecule has 0 spiro atoms. The first-order valence-corrected chi connectivity index (χ1v) is 9.97. The van der Waals surface area contributed by atoms with E-state index in [9.17, 15) is 9.59 Å². The summed E-state index contributed by atoms with van der Waals surface area (Å²) in [6, 6.07) is 10.7. The lowest BCUT2D eigenvalue weighted by Crippen LogP contribution is -2.19. The molecule has 0 radical (unpaired) electrons. The Morgan fingerprint density at radius 3 is 2.61 bits per heavy atom. The SMILES string of the molecule is CCCCCCNOc1ccc(C(=O)c2ccc3n2CCC3C(=O)OC)cc1. The van der Waals surface area contributed by atoms with E-state index in [-0.39, 0.29) is 17.7 Å². The summed E-state index contributed by atoms with van der Waals surface area (Å²) in [5, 5.41) is 0. The molecule has 0 saturated heterocycles. The molecule has 1 atom stereocenters. The highest BCUT2D eigenvalue weighted by atomic mass is 16.6. The van der Waals surface area contributed by atoms with Crippen molar-refractivity contribution in [3.8, 4) is 5.75 Å². The number of hydrogen-bond donors (Lipinski definition) is 1. The molecule has 1 aromatic heterocycles. The van der Waals surface area contributed by atoms with Crippen LogP contribution >= 0.6 is 0 Å². The number of ketones is 1. The summed E-state index contributed by atoms with van der Waals surface area (Å²) in [4.78, 5) is 30.3. The zero-order chi connectivity index (χ0) is 19.9. The van der Waals surface area contributed by atoms with Crippen molar-refractivity contribution < 1.29 is 19.2 Å². The molecule has 0 aliphatic carbocycles. The summed E-state index contributed by atoms with van der Waals surface area (Å²) in [5.74, 6) is 0.0827. The molecule has 0 amide bonds. The molecular weight excluding hydrogens is 356 g/mol. The number of aromatic nitrogens is 1. The third kappa shape index (κ3) is 4.44. The Morgan fingerprint density at radius 2 is 1.89 bits per heavy atom. The predicted octanol–water partition coefficient (Wildman–Crippen LogP) is 3.84. The van der Waals surface area contributed by atoms with Gasteiger partial charge in [-0.2, -0.15) is 5.48 Å². The van der Waals surface area contributed by atoms with Crippen molar-refractivity contribution >= 4 is 11.8 Å². The molecule has 2 aromatic rings. The van der Waals surface area contributed by atoms with E-state index in [4.69, 9.17) is 9.57 Å². The maximum absolute atomic E-state index is 12.9. The molecule has 3 rings (SSSR count). The second kappa shape index (κ2) is 9.55. The monoisotopic (exact) mass is 384 g/mol. The van der Waals surface area contributed by atoms with E-state index in [1.165, 1.54) is 26.4 Å². The minimum absolute atomic E-state index is 0.0594. The van der Waals surface area contributed by atoms with Crippen molar-refractivity contribution in [2.45, 2.75) is 51.5 Å². The molecule has 28 heavy (non-hydrogen) atoms. The first-order chi connectivity index (χ1) is 13.7. The van der Waals surface area contributed by atoms with E-state index in [0.717, 1.165) is 18.7 Å². The number of esters is 1. The average molecular weight is 384 g/mol. The van der Waals surface area contributed by atoms with E-state index < -0.39 is 0 Å². The van der Waals surface area contributed by atoms with Gasteiger partial charge in [0.1, 0.15) is 5.75 Å². The summed E-state index contributed by atoms with van der Waals surface area (Å²) >= 11 is 0. The predicted molar refractivity (Wildman–Crippen MR) is 106 cm³/mol. The average Bonchev–Trinajstić information content (AvgIpc) is 3.32. The lowest BCUT2D eigenvalue weighted by Gasteiger charge is -2.09. The number of rotatable bonds is 10. The van der Waals surface area contributed by atoms with Crippen LogP contribution in [0, 0.1) is 0 Å². The van der Waals surface area contributed by atoms with Crippen molar-refractivity contribution in [3.05, 3.63) is 53.3 Å². The van der Waals surface area contributed by atoms with Crippen LogP contribution in [0.1, 0.15) is 66.7 Å². The number of ether oxygens (including phenoxy) is 1. The molecule has 6 nitrogen and oxygen atoms in total. The number of unbranched alkanes of at least 4 members (excludes halogenated alkanes) is 3. The molecule has 1 N–H and O–H groups in total.